The van der Waals surface area contributed by atoms with Gasteiger partial charge in [0.2, 0.25) is 0 Å². The Morgan fingerprint density at radius 2 is 1.68 bits per heavy atom. The second-order valence-corrected chi connectivity index (χ2v) is 8.29. The molecule has 162 valence electrons. The van der Waals surface area contributed by atoms with E-state index in [0.717, 1.165) is 24.0 Å². The highest BCUT2D eigenvalue weighted by Crippen LogP contribution is 2.32. The molecule has 1 aromatic heterocycles. The molecule has 3 aromatic rings. The van der Waals surface area contributed by atoms with Gasteiger partial charge < -0.3 is 19.7 Å². The van der Waals surface area contributed by atoms with Crippen LogP contribution in [0.15, 0.2) is 42.6 Å². The van der Waals surface area contributed by atoms with Gasteiger partial charge in [-0.25, -0.2) is 4.79 Å². The molecule has 0 amide bonds. The Kier molecular flexibility index (Phi) is 5.45. The first-order valence-electron chi connectivity index (χ1n) is 10.4. The van der Waals surface area contributed by atoms with E-state index in [2.05, 4.69) is 36.9 Å². The van der Waals surface area contributed by atoms with Crippen molar-refractivity contribution in [3.8, 4) is 0 Å². The van der Waals surface area contributed by atoms with Crippen LogP contribution < -0.4 is 4.90 Å². The number of carboxylic acid groups (broad SMARTS) is 2. The third kappa shape index (κ3) is 3.88. The first-order chi connectivity index (χ1) is 14.8. The summed E-state index contributed by atoms with van der Waals surface area (Å²) >= 11 is 0. The predicted molar refractivity (Wildman–Crippen MR) is 120 cm³/mol. The van der Waals surface area contributed by atoms with Gasteiger partial charge in [-0.3, -0.25) is 9.69 Å². The summed E-state index contributed by atoms with van der Waals surface area (Å²) in [5, 5.41) is 20.1. The lowest BCUT2D eigenvalue weighted by atomic mass is 10.0. The topological polar surface area (TPSA) is 86.0 Å². The SMILES string of the molecule is Cc1ccc(N2CCN(C(C(=O)O)c3cn(C)c4cc(C(=O)O)ccc34)CC2)c(C)c1. The molecule has 2 aromatic carbocycles. The van der Waals surface area contributed by atoms with Crippen molar-refractivity contribution < 1.29 is 19.8 Å². The van der Waals surface area contributed by atoms with Crippen LogP contribution in [0.2, 0.25) is 0 Å². The molecule has 7 nitrogen and oxygen atoms in total. The van der Waals surface area contributed by atoms with Crippen molar-refractivity contribution in [2.24, 2.45) is 7.05 Å². The van der Waals surface area contributed by atoms with Crippen molar-refractivity contribution in [2.75, 3.05) is 31.1 Å². The molecule has 0 radical (unpaired) electrons. The van der Waals surface area contributed by atoms with E-state index in [4.69, 9.17) is 0 Å². The van der Waals surface area contributed by atoms with E-state index < -0.39 is 18.0 Å². The molecule has 4 rings (SSSR count). The van der Waals surface area contributed by atoms with Crippen LogP contribution in [-0.4, -0.2) is 57.8 Å². The van der Waals surface area contributed by atoms with Crippen molar-refractivity contribution in [1.29, 1.82) is 0 Å². The Bertz CT molecular complexity index is 1160. The highest BCUT2D eigenvalue weighted by atomic mass is 16.4. The number of aromatic nitrogens is 1. The minimum Gasteiger partial charge on any atom is -0.480 e. The number of rotatable bonds is 5. The van der Waals surface area contributed by atoms with Gasteiger partial charge in [0, 0.05) is 61.6 Å². The Balaban J connectivity index is 1.61. The van der Waals surface area contributed by atoms with Crippen LogP contribution in [0, 0.1) is 13.8 Å². The number of carbonyl (C=O) groups is 2. The zero-order valence-corrected chi connectivity index (χ0v) is 18.0. The van der Waals surface area contributed by atoms with Crippen LogP contribution >= 0.6 is 0 Å². The summed E-state index contributed by atoms with van der Waals surface area (Å²) in [5.41, 5.74) is 5.26. The van der Waals surface area contributed by atoms with E-state index in [1.54, 1.807) is 16.7 Å². The van der Waals surface area contributed by atoms with Gasteiger partial charge in [-0.2, -0.15) is 0 Å². The first-order valence-corrected chi connectivity index (χ1v) is 10.4. The minimum atomic E-state index is -0.998. The van der Waals surface area contributed by atoms with Crippen molar-refractivity contribution in [1.82, 2.24) is 9.47 Å². The Labute approximate surface area is 181 Å². The fraction of sp³-hybridized carbons (Fsp3) is 0.333. The molecule has 1 aliphatic heterocycles. The summed E-state index contributed by atoms with van der Waals surface area (Å²) < 4.78 is 1.80. The standard InChI is InChI=1S/C24H27N3O4/c1-15-4-7-20(16(2)12-15)26-8-10-27(11-9-26)22(24(30)31)19-14-25(3)21-13-17(23(28)29)5-6-18(19)21/h4-7,12-14,22H,8-11H2,1-3H3,(H,28,29)(H,30,31). The number of hydrogen-bond donors (Lipinski definition) is 2. The van der Waals surface area contributed by atoms with Crippen LogP contribution in [-0.2, 0) is 11.8 Å². The van der Waals surface area contributed by atoms with Gasteiger partial charge in [0.05, 0.1) is 5.56 Å². The van der Waals surface area contributed by atoms with E-state index in [0.29, 0.717) is 18.7 Å². The number of aliphatic carboxylic acids is 1. The molecular formula is C24H27N3O4. The lowest BCUT2D eigenvalue weighted by Gasteiger charge is -2.39. The summed E-state index contributed by atoms with van der Waals surface area (Å²) in [6.07, 6.45) is 1.81. The van der Waals surface area contributed by atoms with Gasteiger partial charge in [0.1, 0.15) is 6.04 Å². The lowest BCUT2D eigenvalue weighted by Crippen LogP contribution is -2.49. The van der Waals surface area contributed by atoms with Crippen molar-refractivity contribution >= 4 is 28.5 Å². The molecule has 1 atom stereocenters. The summed E-state index contributed by atoms with van der Waals surface area (Å²) in [6.45, 7) is 6.96. The van der Waals surface area contributed by atoms with Crippen molar-refractivity contribution in [3.05, 3.63) is 64.8 Å². The highest BCUT2D eigenvalue weighted by Gasteiger charge is 2.33. The normalized spacial score (nSPS) is 15.9. The minimum absolute atomic E-state index is 0.189. The molecule has 1 unspecified atom stereocenters. The summed E-state index contributed by atoms with van der Waals surface area (Å²) in [4.78, 5) is 28.0. The Hall–Kier alpha value is -3.32. The molecule has 2 N–H and O–H groups in total. The molecule has 1 fully saturated rings. The maximum atomic E-state index is 12.3. The van der Waals surface area contributed by atoms with E-state index >= 15 is 0 Å². The van der Waals surface area contributed by atoms with Crippen molar-refractivity contribution in [2.45, 2.75) is 19.9 Å². The van der Waals surface area contributed by atoms with Crippen LogP contribution in [0.3, 0.4) is 0 Å². The van der Waals surface area contributed by atoms with Gasteiger partial charge in [0.15, 0.2) is 0 Å². The smallest absolute Gasteiger partial charge is 0.335 e. The largest absolute Gasteiger partial charge is 0.480 e. The van der Waals surface area contributed by atoms with Gasteiger partial charge in [-0.1, -0.05) is 23.8 Å². The second-order valence-electron chi connectivity index (χ2n) is 8.29. The fourth-order valence-electron chi connectivity index (χ4n) is 4.63. The summed E-state index contributed by atoms with van der Waals surface area (Å²) in [5.74, 6) is -1.89. The molecule has 7 heteroatoms. The molecule has 31 heavy (non-hydrogen) atoms. The number of anilines is 1. The quantitative estimate of drug-likeness (QED) is 0.656. The number of benzene rings is 2. The number of nitrogens with zero attached hydrogens (tertiary/aromatic N) is 3. The molecule has 0 bridgehead atoms. The first kappa shape index (κ1) is 20.9. The van der Waals surface area contributed by atoms with E-state index in [-0.39, 0.29) is 5.56 Å². The average molecular weight is 421 g/mol. The van der Waals surface area contributed by atoms with Crippen LogP contribution in [0.4, 0.5) is 5.69 Å². The van der Waals surface area contributed by atoms with Gasteiger partial charge in [0.25, 0.3) is 0 Å². The third-order valence-corrected chi connectivity index (χ3v) is 6.17. The van der Waals surface area contributed by atoms with Crippen LogP contribution in [0.1, 0.15) is 33.1 Å². The lowest BCUT2D eigenvalue weighted by molar-refractivity contribution is -0.143. The molecule has 0 saturated carbocycles. The second kappa shape index (κ2) is 8.07. The number of carboxylic acids is 2. The predicted octanol–water partition coefficient (Wildman–Crippen LogP) is 3.44. The molecule has 1 saturated heterocycles. The fourth-order valence-corrected chi connectivity index (χ4v) is 4.63. The molecule has 0 spiro atoms. The average Bonchev–Trinajstić information content (AvgIpc) is 3.04. The number of fused-ring (bicyclic) bond motifs is 1. The maximum absolute atomic E-state index is 12.3. The molecule has 1 aliphatic rings. The van der Waals surface area contributed by atoms with E-state index in [9.17, 15) is 19.8 Å². The van der Waals surface area contributed by atoms with Gasteiger partial charge in [-0.05, 0) is 37.6 Å². The van der Waals surface area contributed by atoms with Crippen LogP contribution in [0.25, 0.3) is 10.9 Å². The zero-order chi connectivity index (χ0) is 22.3. The number of aryl methyl sites for hydroxylation is 3. The Morgan fingerprint density at radius 1 is 0.968 bits per heavy atom. The maximum Gasteiger partial charge on any atom is 0.335 e. The Morgan fingerprint density at radius 3 is 2.29 bits per heavy atom. The molecule has 2 heterocycles. The number of hydrogen-bond acceptors (Lipinski definition) is 4. The number of piperazine rings is 1. The van der Waals surface area contributed by atoms with Gasteiger partial charge >= 0.3 is 11.9 Å². The summed E-state index contributed by atoms with van der Waals surface area (Å²) in [6, 6.07) is 10.5. The summed E-state index contributed by atoms with van der Waals surface area (Å²) in [7, 11) is 1.81. The van der Waals surface area contributed by atoms with E-state index in [1.807, 2.05) is 18.1 Å². The number of aromatic carboxylic acids is 1. The van der Waals surface area contributed by atoms with Crippen molar-refractivity contribution in [3.63, 3.8) is 0 Å². The van der Waals surface area contributed by atoms with E-state index in [1.165, 1.54) is 22.9 Å². The molecular weight excluding hydrogens is 394 g/mol. The monoisotopic (exact) mass is 421 g/mol. The third-order valence-electron chi connectivity index (χ3n) is 6.17. The zero-order valence-electron chi connectivity index (χ0n) is 18.0. The highest BCUT2D eigenvalue weighted by molar-refractivity contribution is 5.96. The molecule has 0 aliphatic carbocycles. The van der Waals surface area contributed by atoms with Gasteiger partial charge in [-0.15, -0.1) is 0 Å². The van der Waals surface area contributed by atoms with Crippen LogP contribution in [0.5, 0.6) is 0 Å².